The summed E-state index contributed by atoms with van der Waals surface area (Å²) in [4.78, 5) is 16.2. The lowest BCUT2D eigenvalue weighted by atomic mass is 10.1. The van der Waals surface area contributed by atoms with Crippen LogP contribution in [0, 0.1) is 0 Å². The van der Waals surface area contributed by atoms with Gasteiger partial charge in [0.1, 0.15) is 29.2 Å². The summed E-state index contributed by atoms with van der Waals surface area (Å²) in [6.07, 6.45) is 2.00. The lowest BCUT2D eigenvalue weighted by Gasteiger charge is -2.12. The molecule has 0 bridgehead atoms. The summed E-state index contributed by atoms with van der Waals surface area (Å²) in [6.45, 7) is 0.440. The second-order valence-electron chi connectivity index (χ2n) is 3.98. The molecule has 7 heteroatoms. The number of aromatic amines is 1. The number of ether oxygens (including phenoxy) is 2. The highest BCUT2D eigenvalue weighted by Gasteiger charge is 2.17. The number of hydrogen-bond acceptors (Lipinski definition) is 5. The average Bonchev–Trinajstić information content (AvgIpc) is 2.99. The minimum atomic E-state index is -0.251. The Labute approximate surface area is 116 Å². The van der Waals surface area contributed by atoms with Crippen molar-refractivity contribution in [2.45, 2.75) is 6.42 Å². The van der Waals surface area contributed by atoms with Gasteiger partial charge in [-0.3, -0.25) is 9.89 Å². The quantitative estimate of drug-likeness (QED) is 0.814. The predicted molar refractivity (Wildman–Crippen MR) is 72.0 cm³/mol. The molecule has 106 valence electrons. The van der Waals surface area contributed by atoms with Crippen LogP contribution in [0.15, 0.2) is 24.5 Å². The molecule has 1 heterocycles. The van der Waals surface area contributed by atoms with E-state index < -0.39 is 0 Å². The molecule has 1 aromatic carbocycles. The topological polar surface area (TPSA) is 89.1 Å². The van der Waals surface area contributed by atoms with Gasteiger partial charge in [-0.25, -0.2) is 4.98 Å². The van der Waals surface area contributed by atoms with Crippen LogP contribution in [0.2, 0.25) is 0 Å². The zero-order chi connectivity index (χ0) is 14.4. The third-order valence-corrected chi connectivity index (χ3v) is 2.77. The number of carbonyl (C=O) groups excluding carboxylic acids is 1. The minimum absolute atomic E-state index is 0.251. The van der Waals surface area contributed by atoms with Crippen LogP contribution < -0.4 is 14.8 Å². The number of aromatic nitrogens is 3. The molecule has 0 radical (unpaired) electrons. The zero-order valence-corrected chi connectivity index (χ0v) is 11.3. The van der Waals surface area contributed by atoms with E-state index in [9.17, 15) is 4.79 Å². The first-order valence-electron chi connectivity index (χ1n) is 6.09. The number of H-pyrrole nitrogens is 1. The predicted octanol–water partition coefficient (Wildman–Crippen LogP) is 0.794. The van der Waals surface area contributed by atoms with Gasteiger partial charge in [-0.2, -0.15) is 5.10 Å². The average molecular weight is 276 g/mol. The molecule has 20 heavy (non-hydrogen) atoms. The molecule has 0 fully saturated rings. The number of amides is 1. The van der Waals surface area contributed by atoms with E-state index in [0.717, 1.165) is 5.82 Å². The zero-order valence-electron chi connectivity index (χ0n) is 11.3. The van der Waals surface area contributed by atoms with Crippen LogP contribution in [0.5, 0.6) is 11.5 Å². The third kappa shape index (κ3) is 3.05. The van der Waals surface area contributed by atoms with Crippen LogP contribution in [-0.2, 0) is 6.42 Å². The number of carbonyl (C=O) groups is 1. The summed E-state index contributed by atoms with van der Waals surface area (Å²) in [5.41, 5.74) is 0.384. The van der Waals surface area contributed by atoms with Crippen molar-refractivity contribution in [3.63, 3.8) is 0 Å². The monoisotopic (exact) mass is 276 g/mol. The molecule has 1 aromatic heterocycles. The van der Waals surface area contributed by atoms with E-state index in [1.165, 1.54) is 20.5 Å². The second-order valence-corrected chi connectivity index (χ2v) is 3.98. The van der Waals surface area contributed by atoms with E-state index >= 15 is 0 Å². The molecular formula is C13H16N4O3. The summed E-state index contributed by atoms with van der Waals surface area (Å²) in [5.74, 6) is 1.42. The highest BCUT2D eigenvalue weighted by molar-refractivity contribution is 5.99. The Morgan fingerprint density at radius 2 is 2.00 bits per heavy atom. The number of methoxy groups -OCH3 is 2. The Morgan fingerprint density at radius 3 is 2.55 bits per heavy atom. The van der Waals surface area contributed by atoms with Gasteiger partial charge in [-0.15, -0.1) is 0 Å². The molecular weight excluding hydrogens is 260 g/mol. The van der Waals surface area contributed by atoms with Crippen molar-refractivity contribution >= 4 is 5.91 Å². The summed E-state index contributed by atoms with van der Waals surface area (Å²) in [7, 11) is 3.03. The van der Waals surface area contributed by atoms with Crippen LogP contribution >= 0.6 is 0 Å². The van der Waals surface area contributed by atoms with Crippen molar-refractivity contribution in [2.24, 2.45) is 0 Å². The van der Waals surface area contributed by atoms with Gasteiger partial charge >= 0.3 is 0 Å². The molecule has 0 aliphatic rings. The first kappa shape index (κ1) is 13.9. The fourth-order valence-corrected chi connectivity index (χ4v) is 1.81. The lowest BCUT2D eigenvalue weighted by Crippen LogP contribution is -2.26. The Bertz CT molecular complexity index is 547. The van der Waals surface area contributed by atoms with Gasteiger partial charge in [-0.05, 0) is 12.1 Å². The summed E-state index contributed by atoms with van der Waals surface area (Å²) in [5, 5.41) is 9.28. The molecule has 2 rings (SSSR count). The molecule has 0 saturated heterocycles. The van der Waals surface area contributed by atoms with Gasteiger partial charge < -0.3 is 14.8 Å². The van der Waals surface area contributed by atoms with E-state index in [0.29, 0.717) is 30.0 Å². The van der Waals surface area contributed by atoms with Crippen molar-refractivity contribution in [1.82, 2.24) is 20.5 Å². The lowest BCUT2D eigenvalue weighted by molar-refractivity contribution is 0.0947. The van der Waals surface area contributed by atoms with E-state index in [1.54, 1.807) is 18.2 Å². The maximum atomic E-state index is 12.2. The van der Waals surface area contributed by atoms with Crippen LogP contribution in [-0.4, -0.2) is 41.9 Å². The highest BCUT2D eigenvalue weighted by Crippen LogP contribution is 2.27. The molecule has 0 unspecified atom stereocenters. The maximum Gasteiger partial charge on any atom is 0.258 e. The standard InChI is InChI=1S/C13H16N4O3/c1-19-9-4-3-5-10(20-2)12(9)13(18)14-7-6-11-15-8-16-17-11/h3-5,8H,6-7H2,1-2H3,(H,14,18)(H,15,16,17). The van der Waals surface area contributed by atoms with Crippen molar-refractivity contribution in [2.75, 3.05) is 20.8 Å². The Balaban J connectivity index is 2.04. The van der Waals surface area contributed by atoms with E-state index in [4.69, 9.17) is 9.47 Å². The summed E-state index contributed by atoms with van der Waals surface area (Å²) < 4.78 is 10.4. The fraction of sp³-hybridized carbons (Fsp3) is 0.308. The Hall–Kier alpha value is -2.57. The second kappa shape index (κ2) is 6.55. The van der Waals surface area contributed by atoms with Crippen LogP contribution in [0.3, 0.4) is 0 Å². The molecule has 0 aliphatic carbocycles. The largest absolute Gasteiger partial charge is 0.496 e. The van der Waals surface area contributed by atoms with E-state index in [2.05, 4.69) is 20.5 Å². The van der Waals surface area contributed by atoms with Crippen molar-refractivity contribution < 1.29 is 14.3 Å². The number of hydrogen-bond donors (Lipinski definition) is 2. The fourth-order valence-electron chi connectivity index (χ4n) is 1.81. The van der Waals surface area contributed by atoms with Crippen LogP contribution in [0.25, 0.3) is 0 Å². The van der Waals surface area contributed by atoms with Crippen molar-refractivity contribution in [3.8, 4) is 11.5 Å². The highest BCUT2D eigenvalue weighted by atomic mass is 16.5. The van der Waals surface area contributed by atoms with Gasteiger partial charge in [0.15, 0.2) is 0 Å². The first-order valence-corrected chi connectivity index (χ1v) is 6.09. The number of rotatable bonds is 6. The van der Waals surface area contributed by atoms with Crippen LogP contribution in [0.4, 0.5) is 0 Å². The summed E-state index contributed by atoms with van der Waals surface area (Å²) in [6, 6.07) is 5.20. The smallest absolute Gasteiger partial charge is 0.258 e. The SMILES string of the molecule is COc1cccc(OC)c1C(=O)NCCc1ncn[nH]1. The minimum Gasteiger partial charge on any atom is -0.496 e. The maximum absolute atomic E-state index is 12.2. The summed E-state index contributed by atoms with van der Waals surface area (Å²) >= 11 is 0. The molecule has 2 aromatic rings. The number of benzene rings is 1. The molecule has 0 spiro atoms. The normalized spacial score (nSPS) is 10.1. The Morgan fingerprint density at radius 1 is 1.30 bits per heavy atom. The van der Waals surface area contributed by atoms with E-state index in [-0.39, 0.29) is 5.91 Å². The first-order chi connectivity index (χ1) is 9.76. The van der Waals surface area contributed by atoms with Crippen molar-refractivity contribution in [1.29, 1.82) is 0 Å². The molecule has 0 saturated carbocycles. The number of nitrogens with zero attached hydrogens (tertiary/aromatic N) is 2. The number of nitrogens with one attached hydrogen (secondary N) is 2. The molecule has 7 nitrogen and oxygen atoms in total. The molecule has 0 aliphatic heterocycles. The van der Waals surface area contributed by atoms with E-state index in [1.807, 2.05) is 0 Å². The van der Waals surface area contributed by atoms with Crippen LogP contribution in [0.1, 0.15) is 16.2 Å². The molecule has 0 atom stereocenters. The van der Waals surface area contributed by atoms with Gasteiger partial charge in [0, 0.05) is 13.0 Å². The third-order valence-electron chi connectivity index (χ3n) is 2.77. The van der Waals surface area contributed by atoms with Crippen molar-refractivity contribution in [3.05, 3.63) is 35.9 Å². The van der Waals surface area contributed by atoms with Gasteiger partial charge in [0.25, 0.3) is 5.91 Å². The molecule has 1 amide bonds. The van der Waals surface area contributed by atoms with Gasteiger partial charge in [-0.1, -0.05) is 6.07 Å². The van der Waals surface area contributed by atoms with Gasteiger partial charge in [0.2, 0.25) is 0 Å². The Kier molecular flexibility index (Phi) is 4.54. The molecule has 2 N–H and O–H groups in total. The van der Waals surface area contributed by atoms with Gasteiger partial charge in [0.05, 0.1) is 14.2 Å².